The molecule has 1 unspecified atom stereocenters. The molecular formula is C11H21NO3. The molecule has 0 aromatic heterocycles. The van der Waals surface area contributed by atoms with Crippen LogP contribution in [0.15, 0.2) is 0 Å². The Balaban J connectivity index is 1.94. The number of rotatable bonds is 7. The molecule has 0 aromatic carbocycles. The summed E-state index contributed by atoms with van der Waals surface area (Å²) < 4.78 is 5.33. The average molecular weight is 215 g/mol. The van der Waals surface area contributed by atoms with Crippen LogP contribution in [0.4, 0.5) is 0 Å². The second-order valence-corrected chi connectivity index (χ2v) is 4.49. The van der Waals surface area contributed by atoms with Gasteiger partial charge in [-0.3, -0.25) is 4.79 Å². The molecule has 0 saturated carbocycles. The molecular weight excluding hydrogens is 194 g/mol. The largest absolute Gasteiger partial charge is 0.481 e. The fourth-order valence-electron chi connectivity index (χ4n) is 1.77. The van der Waals surface area contributed by atoms with Crippen LogP contribution in [0.5, 0.6) is 0 Å². The fraction of sp³-hybridized carbons (Fsp3) is 0.909. The van der Waals surface area contributed by atoms with Crippen molar-refractivity contribution in [3.8, 4) is 0 Å². The van der Waals surface area contributed by atoms with Gasteiger partial charge in [-0.15, -0.1) is 0 Å². The molecule has 4 nitrogen and oxygen atoms in total. The van der Waals surface area contributed by atoms with E-state index in [1.807, 2.05) is 0 Å². The number of hydrogen-bond donors (Lipinski definition) is 2. The highest BCUT2D eigenvalue weighted by Gasteiger charge is 2.28. The van der Waals surface area contributed by atoms with E-state index in [0.29, 0.717) is 6.42 Å². The van der Waals surface area contributed by atoms with Crippen molar-refractivity contribution in [2.24, 2.45) is 0 Å². The van der Waals surface area contributed by atoms with E-state index in [2.05, 4.69) is 12.2 Å². The van der Waals surface area contributed by atoms with E-state index in [0.717, 1.165) is 45.4 Å². The van der Waals surface area contributed by atoms with Crippen LogP contribution in [0.2, 0.25) is 0 Å². The maximum Gasteiger partial charge on any atom is 0.303 e. The predicted octanol–water partition coefficient (Wildman–Crippen LogP) is 1.40. The smallest absolute Gasteiger partial charge is 0.303 e. The summed E-state index contributed by atoms with van der Waals surface area (Å²) in [5, 5.41) is 11.9. The molecule has 2 N–H and O–H groups in total. The zero-order valence-corrected chi connectivity index (χ0v) is 9.42. The van der Waals surface area contributed by atoms with Crippen LogP contribution in [0, 0.1) is 0 Å². The highest BCUT2D eigenvalue weighted by molar-refractivity contribution is 5.66. The Labute approximate surface area is 91.0 Å². The SMILES string of the molecule is CC1(NCCCCCC(=O)O)CCOC1. The second kappa shape index (κ2) is 6.08. The molecule has 1 aliphatic rings. The first-order valence-corrected chi connectivity index (χ1v) is 5.67. The zero-order valence-electron chi connectivity index (χ0n) is 9.42. The zero-order chi connectivity index (χ0) is 11.1. The maximum absolute atomic E-state index is 10.3. The first kappa shape index (κ1) is 12.5. The number of unbranched alkanes of at least 4 members (excludes halogenated alkanes) is 2. The number of carbonyl (C=O) groups is 1. The molecule has 0 aliphatic carbocycles. The van der Waals surface area contributed by atoms with Crippen molar-refractivity contribution < 1.29 is 14.6 Å². The minimum Gasteiger partial charge on any atom is -0.481 e. The van der Waals surface area contributed by atoms with E-state index in [4.69, 9.17) is 9.84 Å². The standard InChI is InChI=1S/C11H21NO3/c1-11(6-8-15-9-11)12-7-4-2-3-5-10(13)14/h12H,2-9H2,1H3,(H,13,14). The fourth-order valence-corrected chi connectivity index (χ4v) is 1.77. The number of aliphatic carboxylic acids is 1. The molecule has 1 heterocycles. The highest BCUT2D eigenvalue weighted by atomic mass is 16.5. The van der Waals surface area contributed by atoms with Crippen LogP contribution in [0.25, 0.3) is 0 Å². The second-order valence-electron chi connectivity index (χ2n) is 4.49. The van der Waals surface area contributed by atoms with Gasteiger partial charge in [0.05, 0.1) is 6.61 Å². The van der Waals surface area contributed by atoms with Gasteiger partial charge in [0.2, 0.25) is 0 Å². The van der Waals surface area contributed by atoms with E-state index in [1.54, 1.807) is 0 Å². The van der Waals surface area contributed by atoms with Crippen LogP contribution in [-0.2, 0) is 9.53 Å². The normalized spacial score (nSPS) is 25.7. The summed E-state index contributed by atoms with van der Waals surface area (Å²) in [5.41, 5.74) is 0.146. The van der Waals surface area contributed by atoms with Crippen LogP contribution in [-0.4, -0.2) is 36.4 Å². The summed E-state index contributed by atoms with van der Waals surface area (Å²) in [6.07, 6.45) is 4.17. The number of nitrogens with one attached hydrogen (secondary N) is 1. The topological polar surface area (TPSA) is 58.6 Å². The quantitative estimate of drug-likeness (QED) is 0.630. The van der Waals surface area contributed by atoms with Crippen molar-refractivity contribution in [2.45, 2.75) is 44.6 Å². The van der Waals surface area contributed by atoms with Crippen molar-refractivity contribution in [3.05, 3.63) is 0 Å². The van der Waals surface area contributed by atoms with Crippen molar-refractivity contribution in [3.63, 3.8) is 0 Å². The third-order valence-electron chi connectivity index (χ3n) is 2.84. The van der Waals surface area contributed by atoms with Crippen molar-refractivity contribution in [2.75, 3.05) is 19.8 Å². The first-order valence-electron chi connectivity index (χ1n) is 5.67. The lowest BCUT2D eigenvalue weighted by Gasteiger charge is -2.23. The average Bonchev–Trinajstić information content (AvgIpc) is 2.58. The van der Waals surface area contributed by atoms with Crippen LogP contribution in [0.1, 0.15) is 39.0 Å². The van der Waals surface area contributed by atoms with Crippen LogP contribution < -0.4 is 5.32 Å². The molecule has 1 aliphatic heterocycles. The van der Waals surface area contributed by atoms with Gasteiger partial charge in [0, 0.05) is 18.6 Å². The first-order chi connectivity index (χ1) is 7.12. The Morgan fingerprint density at radius 2 is 2.27 bits per heavy atom. The summed E-state index contributed by atoms with van der Waals surface area (Å²) in [5.74, 6) is -0.695. The number of carboxylic acids is 1. The molecule has 0 aromatic rings. The van der Waals surface area contributed by atoms with Crippen molar-refractivity contribution in [1.82, 2.24) is 5.32 Å². The van der Waals surface area contributed by atoms with Gasteiger partial charge in [0.25, 0.3) is 0 Å². The van der Waals surface area contributed by atoms with Gasteiger partial charge in [0.15, 0.2) is 0 Å². The van der Waals surface area contributed by atoms with Gasteiger partial charge in [0.1, 0.15) is 0 Å². The molecule has 0 spiro atoms. The lowest BCUT2D eigenvalue weighted by molar-refractivity contribution is -0.137. The molecule has 1 fully saturated rings. The summed E-state index contributed by atoms with van der Waals surface area (Å²) in [4.78, 5) is 10.3. The predicted molar refractivity (Wildman–Crippen MR) is 57.9 cm³/mol. The number of carboxylic acid groups (broad SMARTS) is 1. The number of ether oxygens (including phenoxy) is 1. The van der Waals surface area contributed by atoms with E-state index in [1.165, 1.54) is 0 Å². The molecule has 0 amide bonds. The Hall–Kier alpha value is -0.610. The maximum atomic E-state index is 10.3. The lowest BCUT2D eigenvalue weighted by atomic mass is 10.0. The molecule has 1 atom stereocenters. The Bertz CT molecular complexity index is 200. The minimum absolute atomic E-state index is 0.146. The van der Waals surface area contributed by atoms with E-state index in [-0.39, 0.29) is 5.54 Å². The van der Waals surface area contributed by atoms with Gasteiger partial charge < -0.3 is 15.2 Å². The summed E-state index contributed by atoms with van der Waals surface area (Å²) in [7, 11) is 0. The monoisotopic (exact) mass is 215 g/mol. The lowest BCUT2D eigenvalue weighted by Crippen LogP contribution is -2.43. The highest BCUT2D eigenvalue weighted by Crippen LogP contribution is 2.17. The van der Waals surface area contributed by atoms with E-state index < -0.39 is 5.97 Å². The van der Waals surface area contributed by atoms with Gasteiger partial charge >= 0.3 is 5.97 Å². The minimum atomic E-state index is -0.695. The van der Waals surface area contributed by atoms with Crippen molar-refractivity contribution >= 4 is 5.97 Å². The Kier molecular flexibility index (Phi) is 5.05. The van der Waals surface area contributed by atoms with Crippen molar-refractivity contribution in [1.29, 1.82) is 0 Å². The Morgan fingerprint density at radius 1 is 1.47 bits per heavy atom. The molecule has 1 rings (SSSR count). The molecule has 0 radical (unpaired) electrons. The molecule has 0 bridgehead atoms. The third kappa shape index (κ3) is 5.14. The molecule has 15 heavy (non-hydrogen) atoms. The Morgan fingerprint density at radius 3 is 2.87 bits per heavy atom. The van der Waals surface area contributed by atoms with Crippen LogP contribution >= 0.6 is 0 Å². The molecule has 4 heteroatoms. The van der Waals surface area contributed by atoms with E-state index in [9.17, 15) is 4.79 Å². The summed E-state index contributed by atoms with van der Waals surface area (Å²) in [6.45, 7) is 4.78. The molecule has 1 saturated heterocycles. The third-order valence-corrected chi connectivity index (χ3v) is 2.84. The van der Waals surface area contributed by atoms with Crippen LogP contribution in [0.3, 0.4) is 0 Å². The van der Waals surface area contributed by atoms with Gasteiger partial charge in [-0.1, -0.05) is 6.42 Å². The van der Waals surface area contributed by atoms with Gasteiger partial charge in [-0.25, -0.2) is 0 Å². The van der Waals surface area contributed by atoms with E-state index >= 15 is 0 Å². The summed E-state index contributed by atoms with van der Waals surface area (Å²) >= 11 is 0. The van der Waals surface area contributed by atoms with Gasteiger partial charge in [-0.2, -0.15) is 0 Å². The summed E-state index contributed by atoms with van der Waals surface area (Å²) in [6, 6.07) is 0. The molecule has 88 valence electrons. The van der Waals surface area contributed by atoms with Gasteiger partial charge in [-0.05, 0) is 32.7 Å². The number of hydrogen-bond acceptors (Lipinski definition) is 3.